The molecule has 0 bridgehead atoms. The molecule has 1 heterocycles. The molecule has 0 aliphatic carbocycles. The zero-order valence-electron chi connectivity index (χ0n) is 7.13. The summed E-state index contributed by atoms with van der Waals surface area (Å²) in [7, 11) is 3.80. The summed E-state index contributed by atoms with van der Waals surface area (Å²) >= 11 is 0. The van der Waals surface area contributed by atoms with Crippen molar-refractivity contribution in [2.24, 2.45) is 4.99 Å². The minimum Gasteiger partial charge on any atom is -0.394 e. The number of carbonyl (C=O) groups is 1. The third-order valence-corrected chi connectivity index (χ3v) is 1.61. The zero-order chi connectivity index (χ0) is 8.97. The molecule has 0 saturated heterocycles. The Hall–Kier alpha value is -1.16. The Balaban J connectivity index is 2.21. The summed E-state index contributed by atoms with van der Waals surface area (Å²) in [6.45, 7) is 2.14. The van der Waals surface area contributed by atoms with Crippen molar-refractivity contribution in [3.63, 3.8) is 0 Å². The van der Waals surface area contributed by atoms with Gasteiger partial charge in [0.25, 0.3) is 0 Å². The Morgan fingerprint density at radius 2 is 2.58 bits per heavy atom. The molecule has 0 fully saturated rings. The summed E-state index contributed by atoms with van der Waals surface area (Å²) in [5.74, 6) is 0.955. The van der Waals surface area contributed by atoms with Crippen molar-refractivity contribution in [2.45, 2.75) is 13.3 Å². The predicted octanol–water partition coefficient (Wildman–Crippen LogP) is -0.928. The van der Waals surface area contributed by atoms with E-state index in [1.54, 1.807) is 6.20 Å². The molecule has 0 aromatic carbocycles. The fourth-order valence-electron chi connectivity index (χ4n) is 0.978. The number of aliphatic imine (C=N–C) groups is 1. The van der Waals surface area contributed by atoms with Gasteiger partial charge >= 0.3 is 0 Å². The van der Waals surface area contributed by atoms with Crippen molar-refractivity contribution in [1.82, 2.24) is 5.32 Å². The molecule has 2 N–H and O–H groups in total. The minimum atomic E-state index is -0.00725. The van der Waals surface area contributed by atoms with Crippen molar-refractivity contribution in [3.8, 4) is 0 Å². The van der Waals surface area contributed by atoms with Crippen LogP contribution in [0.15, 0.2) is 17.4 Å². The first-order valence-corrected chi connectivity index (χ1v) is 3.87. The number of amides is 1. The first kappa shape index (κ1) is 8.93. The van der Waals surface area contributed by atoms with E-state index in [4.69, 9.17) is 0 Å². The molecule has 4 heteroatoms. The average Bonchev–Trinajstić information content (AvgIpc) is 2.36. The molecular weight excluding hydrogens is 154 g/mol. The van der Waals surface area contributed by atoms with Gasteiger partial charge in [0.1, 0.15) is 0 Å². The number of amidine groups is 1. The van der Waals surface area contributed by atoms with Gasteiger partial charge in [-0.15, -0.1) is 7.05 Å². The summed E-state index contributed by atoms with van der Waals surface area (Å²) in [6, 6.07) is 0. The summed E-state index contributed by atoms with van der Waals surface area (Å²) in [4.78, 5) is 15.6. The van der Waals surface area contributed by atoms with E-state index in [9.17, 15) is 4.79 Å². The molecule has 1 atom stereocenters. The predicted molar refractivity (Wildman–Crippen MR) is 46.2 cm³/mol. The van der Waals surface area contributed by atoms with E-state index in [1.807, 2.05) is 6.20 Å². The van der Waals surface area contributed by atoms with Gasteiger partial charge in [0.05, 0.1) is 18.8 Å². The Morgan fingerprint density at radius 1 is 1.83 bits per heavy atom. The molecule has 1 rings (SSSR count). The molecule has 0 aromatic heterocycles. The topological polar surface area (TPSA) is 45.9 Å². The lowest BCUT2D eigenvalue weighted by Crippen LogP contribution is -3.04. The first-order valence-electron chi connectivity index (χ1n) is 3.87. The molecule has 1 amide bonds. The van der Waals surface area contributed by atoms with Gasteiger partial charge in [-0.2, -0.15) is 0 Å². The smallest absolute Gasteiger partial charge is 0.216 e. The van der Waals surface area contributed by atoms with Crippen LogP contribution in [0.25, 0.3) is 0 Å². The fraction of sp³-hybridized carbons (Fsp3) is 0.375. The second-order valence-electron chi connectivity index (χ2n) is 2.65. The highest BCUT2D eigenvalue weighted by Gasteiger charge is 2.08. The monoisotopic (exact) mass is 167 g/mol. The lowest BCUT2D eigenvalue weighted by molar-refractivity contribution is -0.689. The van der Waals surface area contributed by atoms with E-state index in [2.05, 4.69) is 17.4 Å². The molecule has 0 radical (unpaired) electrons. The fourth-order valence-corrected chi connectivity index (χ4v) is 0.978. The van der Waals surface area contributed by atoms with Crippen molar-refractivity contribution < 1.29 is 9.69 Å². The van der Waals surface area contributed by atoms with E-state index in [0.29, 0.717) is 6.54 Å². The van der Waals surface area contributed by atoms with Gasteiger partial charge in [0.2, 0.25) is 5.91 Å². The molecule has 1 aliphatic heterocycles. The Bertz CT molecular complexity index is 232. The first-order chi connectivity index (χ1) is 5.70. The molecule has 1 unspecified atom stereocenters. The quantitative estimate of drug-likeness (QED) is 0.524. The lowest BCUT2D eigenvalue weighted by atomic mass is 10.3. The van der Waals surface area contributed by atoms with E-state index in [1.165, 1.54) is 6.92 Å². The van der Waals surface area contributed by atoms with E-state index in [-0.39, 0.29) is 5.91 Å². The normalized spacial score (nSPS) is 20.8. The third kappa shape index (κ3) is 2.47. The van der Waals surface area contributed by atoms with Crippen LogP contribution in [0.2, 0.25) is 0 Å². The standard InChI is InChI=1S/C8H13N3O/c1-7(12)9-4-3-8-10-5-6-11(8)2/h5-6,11H,2-4H2,1H3,(H,9,12). The van der Waals surface area contributed by atoms with Crippen LogP contribution >= 0.6 is 0 Å². The second-order valence-corrected chi connectivity index (χ2v) is 2.65. The highest BCUT2D eigenvalue weighted by molar-refractivity contribution is 5.77. The maximum atomic E-state index is 10.5. The van der Waals surface area contributed by atoms with E-state index < -0.39 is 0 Å². The van der Waals surface area contributed by atoms with Gasteiger partial charge in [0.15, 0.2) is 5.84 Å². The van der Waals surface area contributed by atoms with E-state index in [0.717, 1.165) is 17.2 Å². The average molecular weight is 167 g/mol. The van der Waals surface area contributed by atoms with Crippen molar-refractivity contribution in [1.29, 1.82) is 0 Å². The van der Waals surface area contributed by atoms with Crippen molar-refractivity contribution in [3.05, 3.63) is 19.4 Å². The van der Waals surface area contributed by atoms with Crippen LogP contribution in [0.5, 0.6) is 0 Å². The Morgan fingerprint density at radius 3 is 3.08 bits per heavy atom. The molecule has 4 nitrogen and oxygen atoms in total. The number of carbonyl (C=O) groups excluding carboxylic acids is 1. The number of quaternary nitrogens is 1. The molecule has 0 spiro atoms. The minimum absolute atomic E-state index is 0.00725. The molecule has 0 saturated carbocycles. The maximum Gasteiger partial charge on any atom is 0.216 e. The third-order valence-electron chi connectivity index (χ3n) is 1.61. The lowest BCUT2D eigenvalue weighted by Gasteiger charge is -2.12. The molecule has 12 heavy (non-hydrogen) atoms. The van der Waals surface area contributed by atoms with Crippen LogP contribution in [0, 0.1) is 7.05 Å². The van der Waals surface area contributed by atoms with Gasteiger partial charge in [-0.1, -0.05) is 0 Å². The molecular formula is C8H13N3O. The SMILES string of the molecule is [CH2-][NH+]1C=CN=C1CCNC(C)=O. The van der Waals surface area contributed by atoms with Gasteiger partial charge < -0.3 is 10.2 Å². The van der Waals surface area contributed by atoms with Crippen LogP contribution in [-0.4, -0.2) is 18.3 Å². The van der Waals surface area contributed by atoms with Crippen LogP contribution in [0.3, 0.4) is 0 Å². The largest absolute Gasteiger partial charge is 0.394 e. The van der Waals surface area contributed by atoms with Gasteiger partial charge in [0, 0.05) is 13.5 Å². The number of nitrogens with one attached hydrogen (secondary N) is 2. The van der Waals surface area contributed by atoms with Gasteiger partial charge in [-0.3, -0.25) is 4.79 Å². The van der Waals surface area contributed by atoms with Crippen LogP contribution in [-0.2, 0) is 4.79 Å². The van der Waals surface area contributed by atoms with Crippen LogP contribution in [0.1, 0.15) is 13.3 Å². The number of hydrogen-bond acceptors (Lipinski definition) is 2. The van der Waals surface area contributed by atoms with Gasteiger partial charge in [-0.05, 0) is 0 Å². The summed E-state index contributed by atoms with van der Waals surface area (Å²) in [5.41, 5.74) is 0. The molecule has 66 valence electrons. The summed E-state index contributed by atoms with van der Waals surface area (Å²) in [5, 5.41) is 2.70. The highest BCUT2D eigenvalue weighted by atomic mass is 16.1. The highest BCUT2D eigenvalue weighted by Crippen LogP contribution is 1.85. The molecule has 1 aliphatic rings. The Kier molecular flexibility index (Phi) is 2.99. The number of nitrogens with zero attached hydrogens (tertiary/aromatic N) is 1. The van der Waals surface area contributed by atoms with Crippen molar-refractivity contribution in [2.75, 3.05) is 6.54 Å². The maximum absolute atomic E-state index is 10.5. The number of rotatable bonds is 3. The Labute approximate surface area is 72.0 Å². The van der Waals surface area contributed by atoms with Gasteiger partial charge in [-0.25, -0.2) is 4.99 Å². The van der Waals surface area contributed by atoms with E-state index >= 15 is 0 Å². The van der Waals surface area contributed by atoms with Crippen LogP contribution < -0.4 is 10.2 Å². The number of hydrogen-bond donors (Lipinski definition) is 2. The zero-order valence-corrected chi connectivity index (χ0v) is 7.13. The van der Waals surface area contributed by atoms with Crippen molar-refractivity contribution >= 4 is 11.7 Å². The summed E-state index contributed by atoms with van der Waals surface area (Å²) < 4.78 is 0. The molecule has 0 aromatic rings. The van der Waals surface area contributed by atoms with Crippen LogP contribution in [0.4, 0.5) is 0 Å². The summed E-state index contributed by atoms with van der Waals surface area (Å²) in [6.07, 6.45) is 4.35. The second kappa shape index (κ2) is 4.01.